The van der Waals surface area contributed by atoms with Crippen LogP contribution in [0.15, 0.2) is 30.4 Å². The summed E-state index contributed by atoms with van der Waals surface area (Å²) in [5.41, 5.74) is 0.530. The summed E-state index contributed by atoms with van der Waals surface area (Å²) in [5, 5.41) is 28.4. The second kappa shape index (κ2) is 13.6. The Morgan fingerprint density at radius 1 is 1.30 bits per heavy atom. The van der Waals surface area contributed by atoms with Crippen molar-refractivity contribution in [2.24, 2.45) is 5.92 Å². The van der Waals surface area contributed by atoms with Crippen molar-refractivity contribution in [1.29, 1.82) is 5.26 Å². The van der Waals surface area contributed by atoms with Gasteiger partial charge in [0.2, 0.25) is 0 Å². The summed E-state index contributed by atoms with van der Waals surface area (Å²) in [6, 6.07) is 7.26. The van der Waals surface area contributed by atoms with Gasteiger partial charge < -0.3 is 20.3 Å². The fraction of sp³-hybridized carbons (Fsp3) is 0.421. The Morgan fingerprint density at radius 2 is 1.89 bits per heavy atom. The van der Waals surface area contributed by atoms with E-state index in [-0.39, 0.29) is 6.10 Å². The van der Waals surface area contributed by atoms with E-state index in [1.54, 1.807) is 18.2 Å². The molecule has 0 bridgehead atoms. The molecule has 1 unspecified atom stereocenters. The number of carbonyl (C=O) groups is 2. The first-order chi connectivity index (χ1) is 12.7. The first-order valence-electron chi connectivity index (χ1n) is 8.34. The normalized spacial score (nSPS) is 11.4. The van der Waals surface area contributed by atoms with E-state index in [2.05, 4.69) is 25.2 Å². The minimum Gasteiger partial charge on any atom is -0.489 e. The van der Waals surface area contributed by atoms with Gasteiger partial charge in [-0.3, -0.25) is 0 Å². The molecule has 0 amide bonds. The van der Waals surface area contributed by atoms with E-state index in [9.17, 15) is 9.59 Å². The second-order valence-electron chi connectivity index (χ2n) is 6.02. The predicted octanol–water partition coefficient (Wildman–Crippen LogP) is 3.33. The number of benzene rings is 1. The Morgan fingerprint density at radius 3 is 2.33 bits per heavy atom. The number of carboxylic acid groups (broad SMARTS) is 2. The predicted molar refractivity (Wildman–Crippen MR) is 103 cm³/mol. The number of nitriles is 1. The van der Waals surface area contributed by atoms with Crippen LogP contribution in [0.1, 0.15) is 32.3 Å². The zero-order valence-electron chi connectivity index (χ0n) is 15.6. The smallest absolute Gasteiger partial charge is 0.328 e. The molecule has 1 aromatic rings. The highest BCUT2D eigenvalue weighted by Crippen LogP contribution is 2.25. The molecule has 3 N–H and O–H groups in total. The molecule has 0 aromatic heterocycles. The van der Waals surface area contributed by atoms with Crippen LogP contribution in [-0.4, -0.2) is 41.8 Å². The highest BCUT2D eigenvalue weighted by Gasteiger charge is 2.15. The number of hydrogen-bond acceptors (Lipinski definition) is 5. The van der Waals surface area contributed by atoms with Crippen LogP contribution in [0, 0.1) is 17.2 Å². The fourth-order valence-electron chi connectivity index (χ4n) is 2.06. The van der Waals surface area contributed by atoms with E-state index >= 15 is 0 Å². The number of hydrogen-bond donors (Lipinski definition) is 3. The van der Waals surface area contributed by atoms with Gasteiger partial charge in [0.15, 0.2) is 0 Å². The van der Waals surface area contributed by atoms with Crippen molar-refractivity contribution in [3.63, 3.8) is 0 Å². The molecule has 0 aliphatic carbocycles. The molecule has 27 heavy (non-hydrogen) atoms. The lowest BCUT2D eigenvalue weighted by Gasteiger charge is -2.21. The maximum absolute atomic E-state index is 9.55. The van der Waals surface area contributed by atoms with Crippen LogP contribution >= 0.6 is 11.6 Å². The van der Waals surface area contributed by atoms with Crippen molar-refractivity contribution in [1.82, 2.24) is 5.32 Å². The lowest BCUT2D eigenvalue weighted by molar-refractivity contribution is -0.134. The SMILES string of the molecule is CNCCC(CC(C)C)Oc1cc(Cl)ccc1C#N.O=C(O)/C=C/C(=O)O. The highest BCUT2D eigenvalue weighted by molar-refractivity contribution is 6.30. The van der Waals surface area contributed by atoms with Crippen LogP contribution in [0.2, 0.25) is 5.02 Å². The molecule has 0 radical (unpaired) electrons. The third kappa shape index (κ3) is 12.4. The average molecular weight is 397 g/mol. The summed E-state index contributed by atoms with van der Waals surface area (Å²) in [4.78, 5) is 19.1. The van der Waals surface area contributed by atoms with Gasteiger partial charge in [-0.1, -0.05) is 25.4 Å². The lowest BCUT2D eigenvalue weighted by atomic mass is 10.0. The minimum absolute atomic E-state index is 0.0954. The van der Waals surface area contributed by atoms with Gasteiger partial charge in [0.05, 0.1) is 5.56 Å². The van der Waals surface area contributed by atoms with Gasteiger partial charge in [0.25, 0.3) is 0 Å². The third-order valence-corrected chi connectivity index (χ3v) is 3.41. The van der Waals surface area contributed by atoms with E-state index < -0.39 is 11.9 Å². The maximum Gasteiger partial charge on any atom is 0.328 e. The Bertz CT molecular complexity index is 667. The summed E-state index contributed by atoms with van der Waals surface area (Å²) in [7, 11) is 1.92. The highest BCUT2D eigenvalue weighted by atomic mass is 35.5. The topological polar surface area (TPSA) is 120 Å². The largest absolute Gasteiger partial charge is 0.489 e. The summed E-state index contributed by atoms with van der Waals surface area (Å²) >= 11 is 5.97. The summed E-state index contributed by atoms with van der Waals surface area (Å²) < 4.78 is 5.98. The molecule has 1 aromatic carbocycles. The average Bonchev–Trinajstić information content (AvgIpc) is 2.58. The summed E-state index contributed by atoms with van der Waals surface area (Å²) in [6.45, 7) is 5.22. The van der Waals surface area contributed by atoms with Crippen LogP contribution in [-0.2, 0) is 9.59 Å². The zero-order chi connectivity index (χ0) is 20.8. The van der Waals surface area contributed by atoms with Gasteiger partial charge in [-0.2, -0.15) is 5.26 Å². The molecule has 0 spiro atoms. The van der Waals surface area contributed by atoms with Crippen LogP contribution in [0.3, 0.4) is 0 Å². The molecular weight excluding hydrogens is 372 g/mol. The van der Waals surface area contributed by atoms with Gasteiger partial charge in [-0.25, -0.2) is 9.59 Å². The summed E-state index contributed by atoms with van der Waals surface area (Å²) in [5.74, 6) is -1.39. The van der Waals surface area contributed by atoms with Crippen LogP contribution in [0.25, 0.3) is 0 Å². The molecule has 8 heteroatoms. The Balaban J connectivity index is 0.000000713. The molecule has 1 rings (SSSR count). The second-order valence-corrected chi connectivity index (χ2v) is 6.46. The van der Waals surface area contributed by atoms with Gasteiger partial charge >= 0.3 is 11.9 Å². The summed E-state index contributed by atoms with van der Waals surface area (Å²) in [6.07, 6.45) is 3.08. The number of carboxylic acids is 2. The monoisotopic (exact) mass is 396 g/mol. The van der Waals surface area contributed by atoms with Crippen molar-refractivity contribution < 1.29 is 24.5 Å². The minimum atomic E-state index is -1.26. The van der Waals surface area contributed by atoms with Crippen molar-refractivity contribution in [2.45, 2.75) is 32.8 Å². The molecule has 148 valence electrons. The maximum atomic E-state index is 9.55. The molecule has 0 heterocycles. The van der Waals surface area contributed by atoms with Crippen LogP contribution in [0.5, 0.6) is 5.75 Å². The number of ether oxygens (including phenoxy) is 1. The number of nitrogens with one attached hydrogen (secondary N) is 1. The molecular formula is C19H25ClN2O5. The first-order valence-corrected chi connectivity index (χ1v) is 8.72. The van der Waals surface area contributed by atoms with E-state index in [0.717, 1.165) is 19.4 Å². The van der Waals surface area contributed by atoms with Gasteiger partial charge in [-0.15, -0.1) is 0 Å². The molecule has 0 saturated heterocycles. The van der Waals surface area contributed by atoms with Gasteiger partial charge in [-0.05, 0) is 44.5 Å². The Hall–Kier alpha value is -2.56. The molecule has 0 saturated carbocycles. The van der Waals surface area contributed by atoms with Crippen LogP contribution < -0.4 is 10.1 Å². The quantitative estimate of drug-likeness (QED) is 0.547. The Kier molecular flexibility index (Phi) is 12.3. The van der Waals surface area contributed by atoms with Crippen molar-refractivity contribution >= 4 is 23.5 Å². The van der Waals surface area contributed by atoms with Gasteiger partial charge in [0, 0.05) is 23.2 Å². The van der Waals surface area contributed by atoms with E-state index in [1.807, 2.05) is 7.05 Å². The van der Waals surface area contributed by atoms with E-state index in [4.69, 9.17) is 31.8 Å². The Labute approximate surface area is 164 Å². The number of halogens is 1. The third-order valence-electron chi connectivity index (χ3n) is 3.18. The first kappa shape index (κ1) is 24.4. The lowest BCUT2D eigenvalue weighted by Crippen LogP contribution is -2.24. The molecule has 1 atom stereocenters. The van der Waals surface area contributed by atoms with Crippen molar-refractivity contribution in [3.8, 4) is 11.8 Å². The van der Waals surface area contributed by atoms with Gasteiger partial charge in [0.1, 0.15) is 17.9 Å². The van der Waals surface area contributed by atoms with E-state index in [0.29, 0.717) is 34.4 Å². The van der Waals surface area contributed by atoms with Crippen LogP contribution in [0.4, 0.5) is 0 Å². The standard InChI is InChI=1S/C15H21ClN2O.C4H4O4/c1-11(2)8-14(6-7-18-3)19-15-9-13(16)5-4-12(15)10-17;5-3(6)1-2-4(7)8/h4-5,9,11,14,18H,6-8H2,1-3H3;1-2H,(H,5,6)(H,7,8)/b;2-1+. The fourth-order valence-corrected chi connectivity index (χ4v) is 2.23. The molecule has 0 aliphatic heterocycles. The molecule has 0 aliphatic rings. The van der Waals surface area contributed by atoms with Crippen molar-refractivity contribution in [2.75, 3.05) is 13.6 Å². The van der Waals surface area contributed by atoms with E-state index in [1.165, 1.54) is 0 Å². The van der Waals surface area contributed by atoms with Crippen molar-refractivity contribution in [3.05, 3.63) is 40.9 Å². The number of aliphatic carboxylic acids is 2. The zero-order valence-corrected chi connectivity index (χ0v) is 16.4. The molecule has 7 nitrogen and oxygen atoms in total. The number of nitrogens with zero attached hydrogens (tertiary/aromatic N) is 1. The molecule has 0 fully saturated rings. The number of rotatable bonds is 9.